The Morgan fingerprint density at radius 3 is 3.03 bits per heavy atom. The highest BCUT2D eigenvalue weighted by atomic mass is 16.5. The van der Waals surface area contributed by atoms with Gasteiger partial charge >= 0.3 is 0 Å². The van der Waals surface area contributed by atoms with Crippen LogP contribution in [0.1, 0.15) is 25.3 Å². The lowest BCUT2D eigenvalue weighted by Crippen LogP contribution is -2.25. The lowest BCUT2D eigenvalue weighted by molar-refractivity contribution is -0.119. The molecule has 0 saturated carbocycles. The Kier molecular flexibility index (Phi) is 4.54. The van der Waals surface area contributed by atoms with Crippen molar-refractivity contribution in [2.75, 3.05) is 13.2 Å². The molecular weight excluding hydrogens is 366 g/mol. The zero-order chi connectivity index (χ0) is 19.8. The van der Waals surface area contributed by atoms with Crippen molar-refractivity contribution in [1.29, 1.82) is 0 Å². The van der Waals surface area contributed by atoms with Gasteiger partial charge in [-0.1, -0.05) is 0 Å². The number of hydrogen-bond acceptors (Lipinski definition) is 5. The van der Waals surface area contributed by atoms with Crippen LogP contribution < -0.4 is 14.8 Å². The van der Waals surface area contributed by atoms with Gasteiger partial charge in [0, 0.05) is 47.8 Å². The van der Waals surface area contributed by atoms with Crippen molar-refractivity contribution in [2.24, 2.45) is 5.92 Å². The van der Waals surface area contributed by atoms with E-state index >= 15 is 0 Å². The third-order valence-electron chi connectivity index (χ3n) is 5.76. The maximum absolute atomic E-state index is 11.6. The number of nitrogens with one attached hydrogen (secondary N) is 1. The van der Waals surface area contributed by atoms with Crippen LogP contribution in [0.15, 0.2) is 42.7 Å². The summed E-state index contributed by atoms with van der Waals surface area (Å²) in [6.45, 7) is 3.41. The van der Waals surface area contributed by atoms with Gasteiger partial charge in [0.15, 0.2) is 0 Å². The molecule has 4 heterocycles. The monoisotopic (exact) mass is 389 g/mol. The van der Waals surface area contributed by atoms with E-state index in [1.54, 1.807) is 6.20 Å². The van der Waals surface area contributed by atoms with E-state index in [2.05, 4.69) is 33.5 Å². The van der Waals surface area contributed by atoms with Crippen molar-refractivity contribution in [1.82, 2.24) is 15.3 Å². The Morgan fingerprint density at radius 1 is 1.24 bits per heavy atom. The predicted molar refractivity (Wildman–Crippen MR) is 110 cm³/mol. The van der Waals surface area contributed by atoms with Gasteiger partial charge in [0.05, 0.1) is 12.1 Å². The second-order valence-electron chi connectivity index (χ2n) is 7.78. The lowest BCUT2D eigenvalue weighted by Gasteiger charge is -2.21. The molecule has 148 valence electrons. The maximum Gasteiger partial charge on any atom is 0.220 e. The number of fused-ring (bicyclic) bond motifs is 2. The molecule has 1 aromatic carbocycles. The van der Waals surface area contributed by atoms with E-state index in [0.29, 0.717) is 13.0 Å². The van der Waals surface area contributed by atoms with E-state index < -0.39 is 0 Å². The largest absolute Gasteiger partial charge is 0.490 e. The zero-order valence-corrected chi connectivity index (χ0v) is 16.4. The van der Waals surface area contributed by atoms with Gasteiger partial charge in [-0.2, -0.15) is 0 Å². The van der Waals surface area contributed by atoms with Gasteiger partial charge in [0.25, 0.3) is 0 Å². The third kappa shape index (κ3) is 3.50. The average Bonchev–Trinajstić information content (AvgIpc) is 3.20. The third-order valence-corrected chi connectivity index (χ3v) is 5.76. The molecule has 6 heteroatoms. The Hall–Kier alpha value is -3.15. The molecule has 0 aliphatic carbocycles. The van der Waals surface area contributed by atoms with Crippen LogP contribution in [-0.2, 0) is 11.2 Å². The number of amides is 1. The van der Waals surface area contributed by atoms with Crippen LogP contribution in [0.4, 0.5) is 0 Å². The first-order valence-electron chi connectivity index (χ1n) is 10.1. The number of aromatic nitrogens is 2. The van der Waals surface area contributed by atoms with E-state index in [1.807, 2.05) is 25.3 Å². The molecule has 0 bridgehead atoms. The Balaban J connectivity index is 1.53. The van der Waals surface area contributed by atoms with E-state index in [1.165, 1.54) is 0 Å². The van der Waals surface area contributed by atoms with Gasteiger partial charge < -0.3 is 14.8 Å². The van der Waals surface area contributed by atoms with Crippen molar-refractivity contribution >= 4 is 16.8 Å². The highest BCUT2D eigenvalue weighted by molar-refractivity contribution is 5.90. The summed E-state index contributed by atoms with van der Waals surface area (Å²) in [6, 6.07) is 10.2. The van der Waals surface area contributed by atoms with Gasteiger partial charge in [-0.15, -0.1) is 0 Å². The number of nitrogens with zero attached hydrogens (tertiary/aromatic N) is 2. The number of hydrogen-bond donors (Lipinski definition) is 1. The maximum atomic E-state index is 11.6. The molecule has 1 fully saturated rings. The van der Waals surface area contributed by atoms with Crippen LogP contribution in [0, 0.1) is 5.92 Å². The molecule has 2 aliphatic heterocycles. The fraction of sp³-hybridized carbons (Fsp3) is 0.348. The first-order valence-corrected chi connectivity index (χ1v) is 10.1. The lowest BCUT2D eigenvalue weighted by atomic mass is 10.00. The summed E-state index contributed by atoms with van der Waals surface area (Å²) in [5.41, 5.74) is 4.06. The molecule has 3 aromatic rings. The highest BCUT2D eigenvalue weighted by Crippen LogP contribution is 2.35. The van der Waals surface area contributed by atoms with Crippen molar-refractivity contribution in [3.63, 3.8) is 0 Å². The van der Waals surface area contributed by atoms with Crippen LogP contribution in [0.3, 0.4) is 0 Å². The molecule has 2 aromatic heterocycles. The minimum Gasteiger partial charge on any atom is -0.490 e. The molecule has 2 atom stereocenters. The molecule has 6 nitrogen and oxygen atoms in total. The summed E-state index contributed by atoms with van der Waals surface area (Å²) >= 11 is 0. The van der Waals surface area contributed by atoms with Crippen LogP contribution in [0.25, 0.3) is 22.0 Å². The van der Waals surface area contributed by atoms with E-state index in [4.69, 9.17) is 9.47 Å². The van der Waals surface area contributed by atoms with Crippen LogP contribution in [0.5, 0.6) is 11.6 Å². The summed E-state index contributed by atoms with van der Waals surface area (Å²) in [6.07, 6.45) is 6.05. The summed E-state index contributed by atoms with van der Waals surface area (Å²) < 4.78 is 12.0. The first-order chi connectivity index (χ1) is 14.2. The van der Waals surface area contributed by atoms with Gasteiger partial charge in [-0.25, -0.2) is 4.98 Å². The number of benzene rings is 1. The average molecular weight is 389 g/mol. The van der Waals surface area contributed by atoms with Crippen LogP contribution in [-0.4, -0.2) is 35.1 Å². The van der Waals surface area contributed by atoms with E-state index in [0.717, 1.165) is 58.7 Å². The summed E-state index contributed by atoms with van der Waals surface area (Å²) in [7, 11) is 0. The number of pyridine rings is 2. The van der Waals surface area contributed by atoms with E-state index in [9.17, 15) is 4.79 Å². The minimum atomic E-state index is -0.0809. The highest BCUT2D eigenvalue weighted by Gasteiger charge is 2.28. The minimum absolute atomic E-state index is 0.0809. The molecule has 1 saturated heterocycles. The molecule has 1 unspecified atom stereocenters. The molecule has 1 amide bonds. The normalized spacial score (nSPS) is 19.3. The SMILES string of the molecule is C[C@@H](Oc1cc(-c2cnc3c(c2)CCCO3)cc2ncccc12)C1CNC(=O)C1. The van der Waals surface area contributed by atoms with Crippen molar-refractivity contribution in [3.8, 4) is 22.8 Å². The Morgan fingerprint density at radius 2 is 2.17 bits per heavy atom. The van der Waals surface area contributed by atoms with Gasteiger partial charge in [-0.05, 0) is 55.7 Å². The summed E-state index contributed by atoms with van der Waals surface area (Å²) in [5.74, 6) is 1.78. The fourth-order valence-corrected chi connectivity index (χ4v) is 4.07. The second kappa shape index (κ2) is 7.35. The topological polar surface area (TPSA) is 73.3 Å². The Labute approximate surface area is 169 Å². The molecule has 29 heavy (non-hydrogen) atoms. The molecule has 0 radical (unpaired) electrons. The first kappa shape index (κ1) is 17.9. The molecular formula is C23H23N3O3. The Bertz CT molecular complexity index is 1080. The number of carbonyl (C=O) groups is 1. The summed E-state index contributed by atoms with van der Waals surface area (Å²) in [5, 5.41) is 3.86. The van der Waals surface area contributed by atoms with Crippen molar-refractivity contribution in [3.05, 3.63) is 48.3 Å². The number of carbonyl (C=O) groups excluding carboxylic acids is 1. The van der Waals surface area contributed by atoms with Crippen molar-refractivity contribution in [2.45, 2.75) is 32.3 Å². The molecule has 0 spiro atoms. The van der Waals surface area contributed by atoms with Crippen LogP contribution in [0.2, 0.25) is 0 Å². The number of ether oxygens (including phenoxy) is 2. The van der Waals surface area contributed by atoms with E-state index in [-0.39, 0.29) is 17.9 Å². The molecule has 1 N–H and O–H groups in total. The molecule has 2 aliphatic rings. The van der Waals surface area contributed by atoms with Crippen LogP contribution >= 0.6 is 0 Å². The second-order valence-corrected chi connectivity index (χ2v) is 7.78. The summed E-state index contributed by atoms with van der Waals surface area (Å²) in [4.78, 5) is 20.6. The van der Waals surface area contributed by atoms with Gasteiger partial charge in [-0.3, -0.25) is 9.78 Å². The smallest absolute Gasteiger partial charge is 0.220 e. The predicted octanol–water partition coefficient (Wildman–Crippen LogP) is 3.53. The zero-order valence-electron chi connectivity index (χ0n) is 16.4. The van der Waals surface area contributed by atoms with Crippen molar-refractivity contribution < 1.29 is 14.3 Å². The van der Waals surface area contributed by atoms with Gasteiger partial charge in [0.1, 0.15) is 11.9 Å². The number of aryl methyl sites for hydroxylation is 1. The quantitative estimate of drug-likeness (QED) is 0.739. The standard InChI is InChI=1S/C23H23N3O3/c1-14(17-11-22(27)25-12-17)29-21-10-16(9-20-19(21)5-2-6-24-20)18-8-15-4-3-7-28-23(15)26-13-18/h2,5-6,8-10,13-14,17H,3-4,7,11-12H2,1H3,(H,25,27)/t14-,17?/m1/s1. The van der Waals surface area contributed by atoms with Gasteiger partial charge in [0.2, 0.25) is 11.8 Å². The molecule has 5 rings (SSSR count). The number of rotatable bonds is 4. The fourth-order valence-electron chi connectivity index (χ4n) is 4.07.